The zero-order chi connectivity index (χ0) is 11.4. The Balaban J connectivity index is 4.76. The molecule has 0 aliphatic rings. The lowest BCUT2D eigenvalue weighted by atomic mass is 10.1. The van der Waals surface area contributed by atoms with Gasteiger partial charge < -0.3 is 0 Å². The summed E-state index contributed by atoms with van der Waals surface area (Å²) in [6, 6.07) is 0. The van der Waals surface area contributed by atoms with Crippen molar-refractivity contribution in [3.8, 4) is 0 Å². The van der Waals surface area contributed by atoms with Crippen LogP contribution in [0.4, 0.5) is 13.2 Å². The molecule has 0 fully saturated rings. The van der Waals surface area contributed by atoms with Gasteiger partial charge in [-0.3, -0.25) is 4.79 Å². The van der Waals surface area contributed by atoms with Crippen LogP contribution >= 0.6 is 0 Å². The fraction of sp³-hybridized carbons (Fsp3) is 0.500. The Kier molecular flexibility index (Phi) is 4.60. The smallest absolute Gasteiger partial charge is 0.295 e. The van der Waals surface area contributed by atoms with E-state index in [4.69, 9.17) is 0 Å². The number of carbonyl (C=O) groups is 1. The molecule has 0 saturated heterocycles. The van der Waals surface area contributed by atoms with E-state index in [1.54, 1.807) is 6.92 Å². The molecule has 0 aromatic carbocycles. The Morgan fingerprint density at radius 3 is 2.00 bits per heavy atom. The molecule has 14 heavy (non-hydrogen) atoms. The van der Waals surface area contributed by atoms with Crippen LogP contribution in [0, 0.1) is 0 Å². The quantitative estimate of drug-likeness (QED) is 0.510. The van der Waals surface area contributed by atoms with Gasteiger partial charge in [0.05, 0.1) is 0 Å². The fourth-order valence-corrected chi connectivity index (χ4v) is 0.804. The van der Waals surface area contributed by atoms with Gasteiger partial charge in [-0.2, -0.15) is 13.2 Å². The van der Waals surface area contributed by atoms with Gasteiger partial charge in [-0.15, -0.1) is 0 Å². The van der Waals surface area contributed by atoms with E-state index in [0.29, 0.717) is 12.0 Å². The summed E-state index contributed by atoms with van der Waals surface area (Å²) in [5.74, 6) is -0.196. The van der Waals surface area contributed by atoms with Crippen molar-refractivity contribution in [2.75, 3.05) is 0 Å². The van der Waals surface area contributed by atoms with Gasteiger partial charge >= 0.3 is 6.18 Å². The maximum atomic E-state index is 12.0. The lowest BCUT2D eigenvalue weighted by Crippen LogP contribution is -2.08. The second-order valence-corrected chi connectivity index (χ2v) is 2.95. The zero-order valence-electron chi connectivity index (χ0n) is 8.40. The summed E-state index contributed by atoms with van der Waals surface area (Å²) >= 11 is 0. The maximum Gasteiger partial charge on any atom is 0.412 e. The van der Waals surface area contributed by atoms with Crippen LogP contribution in [-0.2, 0) is 4.79 Å². The normalized spacial score (nSPS) is 14.4. The van der Waals surface area contributed by atoms with Gasteiger partial charge in [-0.1, -0.05) is 19.1 Å². The lowest BCUT2D eigenvalue weighted by Gasteiger charge is -2.04. The molecule has 0 radical (unpaired) electrons. The highest BCUT2D eigenvalue weighted by Crippen LogP contribution is 2.24. The Morgan fingerprint density at radius 1 is 1.21 bits per heavy atom. The van der Waals surface area contributed by atoms with E-state index in [2.05, 4.69) is 0 Å². The average molecular weight is 206 g/mol. The van der Waals surface area contributed by atoms with Crippen LogP contribution < -0.4 is 0 Å². The van der Waals surface area contributed by atoms with Crippen LogP contribution in [0.25, 0.3) is 0 Å². The number of Topliss-reactive ketones (excluding diaryl/α,β-unsaturated/α-hetero) is 1. The van der Waals surface area contributed by atoms with Gasteiger partial charge in [0.25, 0.3) is 0 Å². The molecular weight excluding hydrogens is 193 g/mol. The lowest BCUT2D eigenvalue weighted by molar-refractivity contribution is -0.113. The van der Waals surface area contributed by atoms with Crippen molar-refractivity contribution in [1.29, 1.82) is 0 Å². The van der Waals surface area contributed by atoms with Crippen LogP contribution in [0.3, 0.4) is 0 Å². The monoisotopic (exact) mass is 206 g/mol. The second-order valence-electron chi connectivity index (χ2n) is 2.95. The van der Waals surface area contributed by atoms with E-state index < -0.39 is 11.7 Å². The molecule has 0 rings (SSSR count). The number of alkyl halides is 3. The van der Waals surface area contributed by atoms with Crippen LogP contribution in [0.2, 0.25) is 0 Å². The second kappa shape index (κ2) is 4.98. The third-order valence-corrected chi connectivity index (χ3v) is 1.81. The first-order valence-corrected chi connectivity index (χ1v) is 4.24. The number of hydrogen-bond donors (Lipinski definition) is 0. The number of carbonyl (C=O) groups excluding carboxylic acids is 1. The predicted octanol–water partition coefficient (Wildman–Crippen LogP) is 3.42. The number of allylic oxidation sites excluding steroid dienone is 4. The first-order chi connectivity index (χ1) is 6.29. The number of halogens is 3. The third-order valence-electron chi connectivity index (χ3n) is 1.81. The van der Waals surface area contributed by atoms with E-state index in [1.165, 1.54) is 13.0 Å². The Morgan fingerprint density at radius 2 is 1.71 bits per heavy atom. The molecule has 0 atom stereocenters. The summed E-state index contributed by atoms with van der Waals surface area (Å²) in [6.45, 7) is 4.04. The highest BCUT2D eigenvalue weighted by molar-refractivity contribution is 5.93. The van der Waals surface area contributed by atoms with E-state index in [-0.39, 0.29) is 5.78 Å². The summed E-state index contributed by atoms with van der Waals surface area (Å²) in [5.41, 5.74) is -0.307. The number of ketones is 1. The molecule has 0 heterocycles. The predicted molar refractivity (Wildman–Crippen MR) is 48.9 cm³/mol. The molecule has 1 nitrogen and oxygen atoms in total. The van der Waals surface area contributed by atoms with Gasteiger partial charge in [-0.05, 0) is 25.8 Å². The number of rotatable bonds is 3. The molecule has 80 valence electrons. The third kappa shape index (κ3) is 4.25. The molecule has 0 aromatic heterocycles. The molecule has 0 saturated carbocycles. The van der Waals surface area contributed by atoms with Crippen LogP contribution in [0.1, 0.15) is 27.2 Å². The summed E-state index contributed by atoms with van der Waals surface area (Å²) in [5, 5.41) is 0. The summed E-state index contributed by atoms with van der Waals surface area (Å²) in [6.07, 6.45) is -1.71. The maximum absolute atomic E-state index is 12.0. The fourth-order valence-electron chi connectivity index (χ4n) is 0.804. The standard InChI is InChI=1S/C10H13F3O/c1-4-9(8(3)14)6-5-7(2)10(11,12)13/h5-6H,4H2,1-3H3/b7-5+,9-6-. The van der Waals surface area contributed by atoms with Crippen LogP contribution in [0.5, 0.6) is 0 Å². The average Bonchev–Trinajstić information content (AvgIpc) is 2.02. The van der Waals surface area contributed by atoms with Crippen molar-refractivity contribution < 1.29 is 18.0 Å². The van der Waals surface area contributed by atoms with E-state index in [0.717, 1.165) is 13.0 Å². The molecule has 0 spiro atoms. The summed E-state index contributed by atoms with van der Waals surface area (Å²) in [7, 11) is 0. The Labute approximate surface area is 81.3 Å². The zero-order valence-corrected chi connectivity index (χ0v) is 8.40. The van der Waals surface area contributed by atoms with Crippen LogP contribution in [-0.4, -0.2) is 12.0 Å². The highest BCUT2D eigenvalue weighted by Gasteiger charge is 2.29. The first kappa shape index (κ1) is 12.9. The molecule has 0 aliphatic carbocycles. The van der Waals surface area contributed by atoms with Crippen molar-refractivity contribution in [2.24, 2.45) is 0 Å². The first-order valence-electron chi connectivity index (χ1n) is 4.24. The summed E-state index contributed by atoms with van der Waals surface area (Å²) < 4.78 is 36.1. The van der Waals surface area contributed by atoms with Crippen molar-refractivity contribution in [3.05, 3.63) is 23.3 Å². The van der Waals surface area contributed by atoms with Gasteiger partial charge in [0.15, 0.2) is 5.78 Å². The molecule has 0 bridgehead atoms. The minimum absolute atomic E-state index is 0.196. The molecular formula is C10H13F3O. The van der Waals surface area contributed by atoms with Gasteiger partial charge in [0, 0.05) is 5.57 Å². The van der Waals surface area contributed by atoms with E-state index in [1.807, 2.05) is 0 Å². The molecule has 0 N–H and O–H groups in total. The SMILES string of the molecule is CC/C(=C/C=C(\C)C(F)(F)F)C(C)=O. The van der Waals surface area contributed by atoms with E-state index >= 15 is 0 Å². The topological polar surface area (TPSA) is 17.1 Å². The van der Waals surface area contributed by atoms with Crippen molar-refractivity contribution in [3.63, 3.8) is 0 Å². The summed E-state index contributed by atoms with van der Waals surface area (Å²) in [4.78, 5) is 10.9. The minimum Gasteiger partial charge on any atom is -0.295 e. The molecule has 0 aromatic rings. The van der Waals surface area contributed by atoms with Gasteiger partial charge in [0.2, 0.25) is 0 Å². The molecule has 4 heteroatoms. The van der Waals surface area contributed by atoms with E-state index in [9.17, 15) is 18.0 Å². The molecule has 0 aliphatic heterocycles. The van der Waals surface area contributed by atoms with Gasteiger partial charge in [0.1, 0.15) is 0 Å². The van der Waals surface area contributed by atoms with Crippen molar-refractivity contribution in [1.82, 2.24) is 0 Å². The Bertz CT molecular complexity index is 272. The van der Waals surface area contributed by atoms with Gasteiger partial charge in [-0.25, -0.2) is 0 Å². The minimum atomic E-state index is -4.31. The number of hydrogen-bond acceptors (Lipinski definition) is 1. The van der Waals surface area contributed by atoms with Crippen molar-refractivity contribution >= 4 is 5.78 Å². The Hall–Kier alpha value is -1.06. The highest BCUT2D eigenvalue weighted by atomic mass is 19.4. The van der Waals surface area contributed by atoms with Crippen LogP contribution in [0.15, 0.2) is 23.3 Å². The molecule has 0 amide bonds. The largest absolute Gasteiger partial charge is 0.412 e. The molecule has 0 unspecified atom stereocenters. The van der Waals surface area contributed by atoms with Crippen molar-refractivity contribution in [2.45, 2.75) is 33.4 Å².